The maximum atomic E-state index is 11.9. The Morgan fingerprint density at radius 3 is 3.00 bits per heavy atom. The smallest absolute Gasteiger partial charge is 0.395 e. The van der Waals surface area contributed by atoms with Crippen LogP contribution in [0.25, 0.3) is 5.52 Å². The van der Waals surface area contributed by atoms with Gasteiger partial charge in [0.05, 0.1) is 17.8 Å². The minimum absolute atomic E-state index is 0.0989. The highest BCUT2D eigenvalue weighted by molar-refractivity contribution is 5.91. The van der Waals surface area contributed by atoms with Gasteiger partial charge in [-0.25, -0.2) is 4.52 Å². The number of carbonyl (C=O) groups is 1. The Hall–Kier alpha value is -3.16. The second kappa shape index (κ2) is 5.08. The molecule has 0 fully saturated rings. The van der Waals surface area contributed by atoms with Gasteiger partial charge in [0, 0.05) is 18.3 Å². The Kier molecular flexibility index (Phi) is 3.11. The number of amides is 1. The molecule has 3 aromatic heterocycles. The van der Waals surface area contributed by atoms with E-state index in [2.05, 4.69) is 10.4 Å². The standard InChI is InChI=1S/C13H10N4O4/c18-13(11-4-5-12(21-11)17(19)20)14-7-9-8-15-16-6-2-1-3-10(9)16/h1-6,8H,7H2,(H,14,18). The molecule has 0 bridgehead atoms. The number of nitro groups is 1. The fourth-order valence-corrected chi connectivity index (χ4v) is 1.93. The summed E-state index contributed by atoms with van der Waals surface area (Å²) in [6.07, 6.45) is 3.46. The summed E-state index contributed by atoms with van der Waals surface area (Å²) in [7, 11) is 0. The lowest BCUT2D eigenvalue weighted by Crippen LogP contribution is -2.22. The Morgan fingerprint density at radius 1 is 1.38 bits per heavy atom. The number of furan rings is 1. The molecule has 3 rings (SSSR count). The third-order valence-corrected chi connectivity index (χ3v) is 2.94. The number of fused-ring (bicyclic) bond motifs is 1. The quantitative estimate of drug-likeness (QED) is 0.581. The first kappa shape index (κ1) is 12.9. The molecule has 3 aromatic rings. The van der Waals surface area contributed by atoms with Crippen molar-refractivity contribution in [2.24, 2.45) is 0 Å². The molecule has 0 atom stereocenters. The van der Waals surface area contributed by atoms with Crippen molar-refractivity contribution in [1.82, 2.24) is 14.9 Å². The van der Waals surface area contributed by atoms with Crippen molar-refractivity contribution < 1.29 is 14.1 Å². The predicted octanol–water partition coefficient (Wildman–Crippen LogP) is 1.77. The Labute approximate surface area is 118 Å². The van der Waals surface area contributed by atoms with Gasteiger partial charge >= 0.3 is 5.88 Å². The van der Waals surface area contributed by atoms with Gasteiger partial charge in [0.25, 0.3) is 5.91 Å². The molecule has 0 saturated carbocycles. The highest BCUT2D eigenvalue weighted by atomic mass is 16.6. The van der Waals surface area contributed by atoms with E-state index in [1.165, 1.54) is 6.07 Å². The lowest BCUT2D eigenvalue weighted by Gasteiger charge is -2.01. The molecule has 0 aliphatic carbocycles. The van der Waals surface area contributed by atoms with E-state index in [0.717, 1.165) is 17.1 Å². The van der Waals surface area contributed by atoms with Crippen molar-refractivity contribution in [1.29, 1.82) is 0 Å². The van der Waals surface area contributed by atoms with Crippen LogP contribution < -0.4 is 5.32 Å². The zero-order valence-electron chi connectivity index (χ0n) is 10.7. The first-order valence-electron chi connectivity index (χ1n) is 6.09. The summed E-state index contributed by atoms with van der Waals surface area (Å²) in [5.74, 6) is -1.08. The van der Waals surface area contributed by atoms with E-state index in [0.29, 0.717) is 0 Å². The monoisotopic (exact) mass is 286 g/mol. The second-order valence-electron chi connectivity index (χ2n) is 4.28. The van der Waals surface area contributed by atoms with Gasteiger partial charge in [0.15, 0.2) is 5.76 Å². The maximum absolute atomic E-state index is 11.9. The molecule has 0 aliphatic heterocycles. The van der Waals surface area contributed by atoms with Crippen molar-refractivity contribution in [3.63, 3.8) is 0 Å². The molecule has 1 amide bonds. The largest absolute Gasteiger partial charge is 0.433 e. The number of pyridine rings is 1. The average Bonchev–Trinajstić information content (AvgIpc) is 3.12. The molecule has 0 saturated heterocycles. The molecule has 0 unspecified atom stereocenters. The van der Waals surface area contributed by atoms with E-state index in [1.807, 2.05) is 18.2 Å². The normalized spacial score (nSPS) is 10.7. The molecule has 3 heterocycles. The third-order valence-electron chi connectivity index (χ3n) is 2.94. The number of hydrogen-bond acceptors (Lipinski definition) is 5. The first-order chi connectivity index (χ1) is 10.1. The molecule has 0 aromatic carbocycles. The van der Waals surface area contributed by atoms with Crippen molar-refractivity contribution in [2.45, 2.75) is 6.54 Å². The highest BCUT2D eigenvalue weighted by Crippen LogP contribution is 2.16. The van der Waals surface area contributed by atoms with Crippen LogP contribution in [-0.4, -0.2) is 20.4 Å². The van der Waals surface area contributed by atoms with Gasteiger partial charge in [-0.05, 0) is 18.2 Å². The topological polar surface area (TPSA) is 103 Å². The summed E-state index contributed by atoms with van der Waals surface area (Å²) in [5, 5.41) is 17.3. The summed E-state index contributed by atoms with van der Waals surface area (Å²) in [6.45, 7) is 0.251. The maximum Gasteiger partial charge on any atom is 0.433 e. The second-order valence-corrected chi connectivity index (χ2v) is 4.28. The van der Waals surface area contributed by atoms with Crippen LogP contribution in [0.4, 0.5) is 5.88 Å². The van der Waals surface area contributed by atoms with Crippen LogP contribution in [0.2, 0.25) is 0 Å². The number of rotatable bonds is 4. The van der Waals surface area contributed by atoms with Crippen LogP contribution in [0.15, 0.2) is 47.1 Å². The van der Waals surface area contributed by atoms with Gasteiger partial charge in [0.1, 0.15) is 4.92 Å². The van der Waals surface area contributed by atoms with Crippen LogP contribution in [-0.2, 0) is 6.54 Å². The van der Waals surface area contributed by atoms with E-state index in [9.17, 15) is 14.9 Å². The molecule has 1 N–H and O–H groups in total. The van der Waals surface area contributed by atoms with Gasteiger partial charge in [-0.15, -0.1) is 0 Å². The molecular weight excluding hydrogens is 276 g/mol. The molecule has 0 aliphatic rings. The number of carbonyl (C=O) groups excluding carboxylic acids is 1. The van der Waals surface area contributed by atoms with Crippen LogP contribution >= 0.6 is 0 Å². The fourth-order valence-electron chi connectivity index (χ4n) is 1.93. The van der Waals surface area contributed by atoms with Gasteiger partial charge < -0.3 is 9.73 Å². The average molecular weight is 286 g/mol. The predicted molar refractivity (Wildman–Crippen MR) is 71.7 cm³/mol. The van der Waals surface area contributed by atoms with E-state index < -0.39 is 16.7 Å². The zero-order valence-corrected chi connectivity index (χ0v) is 10.7. The molecule has 0 spiro atoms. The number of nitrogens with zero attached hydrogens (tertiary/aromatic N) is 3. The van der Waals surface area contributed by atoms with Crippen molar-refractivity contribution >= 4 is 17.3 Å². The summed E-state index contributed by atoms with van der Waals surface area (Å²) in [5.41, 5.74) is 1.72. The summed E-state index contributed by atoms with van der Waals surface area (Å²) in [6, 6.07) is 8.02. The van der Waals surface area contributed by atoms with E-state index in [1.54, 1.807) is 16.9 Å². The zero-order chi connectivity index (χ0) is 14.8. The molecule has 8 heteroatoms. The van der Waals surface area contributed by atoms with Crippen LogP contribution in [0.1, 0.15) is 16.1 Å². The number of hydrogen-bond donors (Lipinski definition) is 1. The Morgan fingerprint density at radius 2 is 2.24 bits per heavy atom. The number of aromatic nitrogens is 2. The fraction of sp³-hybridized carbons (Fsp3) is 0.0769. The van der Waals surface area contributed by atoms with E-state index in [4.69, 9.17) is 4.42 Å². The number of nitrogens with one attached hydrogen (secondary N) is 1. The minimum Gasteiger partial charge on any atom is -0.395 e. The van der Waals surface area contributed by atoms with Gasteiger partial charge in [-0.1, -0.05) is 6.07 Å². The summed E-state index contributed by atoms with van der Waals surface area (Å²) >= 11 is 0. The minimum atomic E-state index is -0.692. The highest BCUT2D eigenvalue weighted by Gasteiger charge is 2.17. The van der Waals surface area contributed by atoms with Crippen LogP contribution in [0.3, 0.4) is 0 Å². The van der Waals surface area contributed by atoms with Gasteiger partial charge in [-0.2, -0.15) is 5.10 Å². The summed E-state index contributed by atoms with van der Waals surface area (Å²) < 4.78 is 6.53. The Balaban J connectivity index is 1.72. The van der Waals surface area contributed by atoms with Crippen molar-refractivity contribution in [2.75, 3.05) is 0 Å². The van der Waals surface area contributed by atoms with E-state index in [-0.39, 0.29) is 12.3 Å². The third kappa shape index (κ3) is 2.46. The molecular formula is C13H10N4O4. The van der Waals surface area contributed by atoms with E-state index >= 15 is 0 Å². The molecule has 8 nitrogen and oxygen atoms in total. The van der Waals surface area contributed by atoms with Gasteiger partial charge in [-0.3, -0.25) is 14.9 Å². The van der Waals surface area contributed by atoms with Crippen LogP contribution in [0.5, 0.6) is 0 Å². The van der Waals surface area contributed by atoms with Crippen molar-refractivity contribution in [3.8, 4) is 0 Å². The molecule has 106 valence electrons. The SMILES string of the molecule is O=C(NCc1cnn2ccccc12)c1ccc([N+](=O)[O-])o1. The Bertz CT molecular complexity index is 820. The lowest BCUT2D eigenvalue weighted by molar-refractivity contribution is -0.402. The van der Waals surface area contributed by atoms with Crippen LogP contribution in [0, 0.1) is 10.1 Å². The molecule has 21 heavy (non-hydrogen) atoms. The van der Waals surface area contributed by atoms with Crippen molar-refractivity contribution in [3.05, 3.63) is 64.2 Å². The van der Waals surface area contributed by atoms with Gasteiger partial charge in [0.2, 0.25) is 0 Å². The lowest BCUT2D eigenvalue weighted by atomic mass is 10.2. The molecule has 0 radical (unpaired) electrons. The first-order valence-corrected chi connectivity index (χ1v) is 6.09. The summed E-state index contributed by atoms with van der Waals surface area (Å²) in [4.78, 5) is 21.7.